The molecule has 0 aromatic heterocycles. The number of non-ortho nitro benzene ring substituents is 2. The average Bonchev–Trinajstić information content (AvgIpc) is 2.52. The van der Waals surface area contributed by atoms with Crippen LogP contribution in [-0.2, 0) is 0 Å². The summed E-state index contributed by atoms with van der Waals surface area (Å²) in [5, 5.41) is 21.5. The smallest absolute Gasteiger partial charge is 0.269 e. The van der Waals surface area contributed by atoms with E-state index in [-0.39, 0.29) is 17.4 Å². The van der Waals surface area contributed by atoms with Crippen LogP contribution in [0.3, 0.4) is 0 Å². The van der Waals surface area contributed by atoms with Gasteiger partial charge in [0.1, 0.15) is 0 Å². The largest absolute Gasteiger partial charge is 0.281 e. The summed E-state index contributed by atoms with van der Waals surface area (Å²) in [5.41, 5.74) is 2.09. The molecule has 0 spiro atoms. The third kappa shape index (κ3) is 3.97. The monoisotopic (exact) mass is 313 g/mol. The molecule has 0 saturated heterocycles. The van der Waals surface area contributed by atoms with Crippen LogP contribution in [0.1, 0.15) is 25.0 Å². The molecular formula is C16H15N3O4. The Morgan fingerprint density at radius 2 is 1.17 bits per heavy atom. The van der Waals surface area contributed by atoms with E-state index in [1.54, 1.807) is 24.3 Å². The first kappa shape index (κ1) is 16.3. The minimum Gasteiger partial charge on any atom is -0.281 e. The van der Waals surface area contributed by atoms with Crippen molar-refractivity contribution in [1.29, 1.82) is 0 Å². The second-order valence-corrected chi connectivity index (χ2v) is 5.18. The number of nitro benzene ring substituents is 2. The molecule has 0 heterocycles. The normalized spacial score (nSPS) is 10.4. The quantitative estimate of drug-likeness (QED) is 0.477. The van der Waals surface area contributed by atoms with Gasteiger partial charge in [-0.3, -0.25) is 25.2 Å². The molecule has 0 N–H and O–H groups in total. The van der Waals surface area contributed by atoms with Gasteiger partial charge in [-0.1, -0.05) is 0 Å². The Balaban J connectivity index is 2.45. The van der Waals surface area contributed by atoms with Gasteiger partial charge in [0.05, 0.1) is 15.6 Å². The number of nitro groups is 2. The lowest BCUT2D eigenvalue weighted by atomic mass is 10.0. The van der Waals surface area contributed by atoms with Gasteiger partial charge in [0.2, 0.25) is 0 Å². The second-order valence-electron chi connectivity index (χ2n) is 5.18. The number of rotatable bonds is 5. The Kier molecular flexibility index (Phi) is 4.80. The Bertz CT molecular complexity index is 690. The molecule has 118 valence electrons. The standard InChI is InChI=1S/C16H15N3O4/c1-11(2)17-16(12-3-7-14(8-4-12)18(20)21)13-5-9-15(10-6-13)19(22)23/h3-11H,1-2H3. The average molecular weight is 313 g/mol. The predicted molar refractivity (Wildman–Crippen MR) is 87.0 cm³/mol. The van der Waals surface area contributed by atoms with Crippen molar-refractivity contribution in [1.82, 2.24) is 0 Å². The van der Waals surface area contributed by atoms with Crippen molar-refractivity contribution in [2.24, 2.45) is 4.99 Å². The fraction of sp³-hybridized carbons (Fsp3) is 0.188. The summed E-state index contributed by atoms with van der Waals surface area (Å²) in [6, 6.07) is 12.2. The van der Waals surface area contributed by atoms with E-state index in [1.807, 2.05) is 13.8 Å². The number of hydrogen-bond donors (Lipinski definition) is 0. The Hall–Kier alpha value is -3.09. The predicted octanol–water partition coefficient (Wildman–Crippen LogP) is 3.75. The highest BCUT2D eigenvalue weighted by atomic mass is 16.6. The van der Waals surface area contributed by atoms with E-state index >= 15 is 0 Å². The summed E-state index contributed by atoms with van der Waals surface area (Å²) >= 11 is 0. The molecule has 23 heavy (non-hydrogen) atoms. The van der Waals surface area contributed by atoms with E-state index in [2.05, 4.69) is 4.99 Å². The van der Waals surface area contributed by atoms with Crippen molar-refractivity contribution >= 4 is 17.1 Å². The molecule has 2 aromatic carbocycles. The van der Waals surface area contributed by atoms with Crippen LogP contribution >= 0.6 is 0 Å². The van der Waals surface area contributed by atoms with Crippen molar-refractivity contribution in [2.45, 2.75) is 19.9 Å². The summed E-state index contributed by atoms with van der Waals surface area (Å²) in [6.45, 7) is 3.83. The maximum absolute atomic E-state index is 10.7. The van der Waals surface area contributed by atoms with Gasteiger partial charge in [-0.2, -0.15) is 0 Å². The summed E-state index contributed by atoms with van der Waals surface area (Å²) in [4.78, 5) is 25.1. The molecule has 0 unspecified atom stereocenters. The zero-order valence-corrected chi connectivity index (χ0v) is 12.7. The zero-order valence-electron chi connectivity index (χ0n) is 12.7. The van der Waals surface area contributed by atoms with Gasteiger partial charge in [0.25, 0.3) is 11.4 Å². The lowest BCUT2D eigenvalue weighted by Crippen LogP contribution is -2.07. The lowest BCUT2D eigenvalue weighted by molar-refractivity contribution is -0.385. The summed E-state index contributed by atoms with van der Waals surface area (Å²) in [6.07, 6.45) is 0. The van der Waals surface area contributed by atoms with Gasteiger partial charge in [0, 0.05) is 41.4 Å². The number of aliphatic imine (C=N–C) groups is 1. The van der Waals surface area contributed by atoms with Crippen molar-refractivity contribution in [2.75, 3.05) is 0 Å². The summed E-state index contributed by atoms with van der Waals surface area (Å²) < 4.78 is 0. The molecule has 0 bridgehead atoms. The number of nitrogens with zero attached hydrogens (tertiary/aromatic N) is 3. The molecule has 2 aromatic rings. The topological polar surface area (TPSA) is 98.6 Å². The van der Waals surface area contributed by atoms with E-state index in [0.29, 0.717) is 5.71 Å². The van der Waals surface area contributed by atoms with Crippen LogP contribution in [0.25, 0.3) is 0 Å². The molecule has 0 radical (unpaired) electrons. The van der Waals surface area contributed by atoms with Crippen LogP contribution in [0.5, 0.6) is 0 Å². The summed E-state index contributed by atoms with van der Waals surface area (Å²) in [7, 11) is 0. The minimum absolute atomic E-state index is 0.00125. The van der Waals surface area contributed by atoms with E-state index in [0.717, 1.165) is 11.1 Å². The van der Waals surface area contributed by atoms with Crippen LogP contribution in [0.15, 0.2) is 53.5 Å². The molecule has 0 fully saturated rings. The Morgan fingerprint density at radius 1 is 0.826 bits per heavy atom. The molecule has 0 amide bonds. The summed E-state index contributed by atoms with van der Waals surface area (Å²) in [5.74, 6) is 0. The van der Waals surface area contributed by atoms with Gasteiger partial charge in [0.15, 0.2) is 0 Å². The first-order valence-electron chi connectivity index (χ1n) is 6.96. The van der Waals surface area contributed by atoms with Crippen LogP contribution in [0, 0.1) is 20.2 Å². The molecule has 0 saturated carbocycles. The maximum Gasteiger partial charge on any atom is 0.269 e. The Morgan fingerprint density at radius 3 is 1.43 bits per heavy atom. The second kappa shape index (κ2) is 6.78. The van der Waals surface area contributed by atoms with Crippen molar-refractivity contribution < 1.29 is 9.85 Å². The molecule has 0 aliphatic rings. The minimum atomic E-state index is -0.463. The van der Waals surface area contributed by atoms with E-state index in [9.17, 15) is 20.2 Å². The first-order chi connectivity index (χ1) is 10.9. The molecule has 2 rings (SSSR count). The SMILES string of the molecule is CC(C)N=C(c1ccc([N+](=O)[O-])cc1)c1ccc([N+](=O)[O-])cc1. The highest BCUT2D eigenvalue weighted by Crippen LogP contribution is 2.19. The van der Waals surface area contributed by atoms with Crippen LogP contribution in [-0.4, -0.2) is 21.6 Å². The van der Waals surface area contributed by atoms with E-state index in [4.69, 9.17) is 0 Å². The highest BCUT2D eigenvalue weighted by Gasteiger charge is 2.12. The number of benzene rings is 2. The number of hydrogen-bond acceptors (Lipinski definition) is 5. The fourth-order valence-electron chi connectivity index (χ4n) is 2.06. The van der Waals surface area contributed by atoms with Gasteiger partial charge in [-0.25, -0.2) is 0 Å². The van der Waals surface area contributed by atoms with Crippen molar-refractivity contribution in [3.05, 3.63) is 79.9 Å². The third-order valence-corrected chi connectivity index (χ3v) is 3.09. The van der Waals surface area contributed by atoms with Crippen LogP contribution < -0.4 is 0 Å². The molecular weight excluding hydrogens is 298 g/mol. The van der Waals surface area contributed by atoms with E-state index < -0.39 is 9.85 Å². The van der Waals surface area contributed by atoms with E-state index in [1.165, 1.54) is 24.3 Å². The molecule has 0 aliphatic heterocycles. The van der Waals surface area contributed by atoms with Gasteiger partial charge < -0.3 is 0 Å². The zero-order chi connectivity index (χ0) is 17.0. The fourth-order valence-corrected chi connectivity index (χ4v) is 2.06. The van der Waals surface area contributed by atoms with Crippen molar-refractivity contribution in [3.63, 3.8) is 0 Å². The first-order valence-corrected chi connectivity index (χ1v) is 6.96. The van der Waals surface area contributed by atoms with Crippen LogP contribution in [0.4, 0.5) is 11.4 Å². The van der Waals surface area contributed by atoms with Gasteiger partial charge in [-0.05, 0) is 38.1 Å². The third-order valence-electron chi connectivity index (χ3n) is 3.09. The van der Waals surface area contributed by atoms with Gasteiger partial charge >= 0.3 is 0 Å². The Labute approximate surface area is 132 Å². The molecule has 0 aliphatic carbocycles. The van der Waals surface area contributed by atoms with Crippen molar-refractivity contribution in [3.8, 4) is 0 Å². The van der Waals surface area contributed by atoms with Gasteiger partial charge in [-0.15, -0.1) is 0 Å². The maximum atomic E-state index is 10.7. The molecule has 7 heteroatoms. The lowest BCUT2D eigenvalue weighted by Gasteiger charge is -2.09. The molecule has 7 nitrogen and oxygen atoms in total. The molecule has 0 atom stereocenters. The van der Waals surface area contributed by atoms with Crippen LogP contribution in [0.2, 0.25) is 0 Å². The highest BCUT2D eigenvalue weighted by molar-refractivity contribution is 6.13.